The molecule has 0 aromatic carbocycles. The Balaban J connectivity index is 2.05. The summed E-state index contributed by atoms with van der Waals surface area (Å²) < 4.78 is 2.98. The number of pyridine rings is 1. The van der Waals surface area contributed by atoms with Gasteiger partial charge in [-0.1, -0.05) is 13.3 Å². The molecule has 0 saturated heterocycles. The molecule has 2 aromatic heterocycles. The van der Waals surface area contributed by atoms with Crippen LogP contribution in [0, 0.1) is 10.2 Å². The molecule has 1 aliphatic carbocycles. The van der Waals surface area contributed by atoms with Crippen LogP contribution in [0.5, 0.6) is 0 Å². The van der Waals surface area contributed by atoms with E-state index in [0.717, 1.165) is 22.5 Å². The van der Waals surface area contributed by atoms with Crippen molar-refractivity contribution in [2.75, 3.05) is 0 Å². The summed E-state index contributed by atoms with van der Waals surface area (Å²) in [5.74, 6) is 0. The molecule has 0 unspecified atom stereocenters. The van der Waals surface area contributed by atoms with Gasteiger partial charge in [-0.3, -0.25) is 0 Å². The highest BCUT2D eigenvalue weighted by Crippen LogP contribution is 2.45. The van der Waals surface area contributed by atoms with Crippen molar-refractivity contribution in [2.45, 2.75) is 39.2 Å². The van der Waals surface area contributed by atoms with E-state index in [4.69, 9.17) is 12.2 Å². The Morgan fingerprint density at radius 3 is 3.00 bits per heavy atom. The Bertz CT molecular complexity index is 586. The first kappa shape index (κ1) is 11.0. The summed E-state index contributed by atoms with van der Waals surface area (Å²) in [6.07, 6.45) is 7.07. The van der Waals surface area contributed by atoms with Crippen molar-refractivity contribution < 1.29 is 0 Å². The Morgan fingerprint density at radius 1 is 1.53 bits per heavy atom. The van der Waals surface area contributed by atoms with Crippen LogP contribution in [0.1, 0.15) is 32.6 Å². The van der Waals surface area contributed by atoms with E-state index >= 15 is 0 Å². The number of nitrogens with one attached hydrogen (secondary N) is 1. The van der Waals surface area contributed by atoms with Crippen molar-refractivity contribution in [3.63, 3.8) is 0 Å². The number of aromatic amines is 1. The lowest BCUT2D eigenvalue weighted by Crippen LogP contribution is -2.33. The van der Waals surface area contributed by atoms with Crippen LogP contribution in [-0.4, -0.2) is 14.5 Å². The maximum atomic E-state index is 5.41. The Hall–Kier alpha value is -1.16. The zero-order valence-corrected chi connectivity index (χ0v) is 10.9. The molecule has 2 aromatic rings. The average Bonchev–Trinajstić information content (AvgIpc) is 2.60. The lowest BCUT2D eigenvalue weighted by molar-refractivity contribution is 0.101. The van der Waals surface area contributed by atoms with Gasteiger partial charge >= 0.3 is 0 Å². The summed E-state index contributed by atoms with van der Waals surface area (Å²) in [5.41, 5.74) is 2.51. The van der Waals surface area contributed by atoms with Gasteiger partial charge in [-0.2, -0.15) is 0 Å². The molecule has 0 atom stereocenters. The third-order valence-electron chi connectivity index (χ3n) is 4.19. The average molecular weight is 247 g/mol. The minimum Gasteiger partial charge on any atom is -0.329 e. The van der Waals surface area contributed by atoms with Gasteiger partial charge in [0.25, 0.3) is 0 Å². The molecular weight excluding hydrogens is 230 g/mol. The minimum absolute atomic E-state index is 0.463. The van der Waals surface area contributed by atoms with E-state index in [-0.39, 0.29) is 0 Å². The molecule has 0 bridgehead atoms. The van der Waals surface area contributed by atoms with Crippen LogP contribution in [0.25, 0.3) is 11.2 Å². The first-order valence-electron chi connectivity index (χ1n) is 6.28. The highest BCUT2D eigenvalue weighted by molar-refractivity contribution is 7.71. The Morgan fingerprint density at radius 2 is 2.35 bits per heavy atom. The zero-order chi connectivity index (χ0) is 11.9. The van der Waals surface area contributed by atoms with Crippen LogP contribution < -0.4 is 0 Å². The predicted octanol–water partition coefficient (Wildman–Crippen LogP) is 3.67. The molecule has 1 N–H and O–H groups in total. The molecule has 1 fully saturated rings. The van der Waals surface area contributed by atoms with Gasteiger partial charge in [0.2, 0.25) is 0 Å². The number of H-pyrrole nitrogens is 1. The second-order valence-corrected chi connectivity index (χ2v) is 5.48. The number of hydrogen-bond donors (Lipinski definition) is 1. The fourth-order valence-corrected chi connectivity index (χ4v) is 3.03. The number of fused-ring (bicyclic) bond motifs is 1. The van der Waals surface area contributed by atoms with E-state index in [1.54, 1.807) is 0 Å². The fourth-order valence-electron chi connectivity index (χ4n) is 2.77. The largest absolute Gasteiger partial charge is 0.329 e. The quantitative estimate of drug-likeness (QED) is 0.839. The molecule has 0 amide bonds. The van der Waals surface area contributed by atoms with Crippen LogP contribution >= 0.6 is 12.2 Å². The highest BCUT2D eigenvalue weighted by Gasteiger charge is 2.35. The Kier molecular flexibility index (Phi) is 2.54. The molecule has 90 valence electrons. The van der Waals surface area contributed by atoms with Crippen LogP contribution in [-0.2, 0) is 6.54 Å². The van der Waals surface area contributed by atoms with Crippen molar-refractivity contribution in [1.29, 1.82) is 0 Å². The topological polar surface area (TPSA) is 33.6 Å². The third-order valence-corrected chi connectivity index (χ3v) is 4.51. The van der Waals surface area contributed by atoms with Crippen LogP contribution in [0.3, 0.4) is 0 Å². The molecule has 0 aliphatic heterocycles. The maximum Gasteiger partial charge on any atom is 0.179 e. The third kappa shape index (κ3) is 1.71. The van der Waals surface area contributed by atoms with Crippen molar-refractivity contribution in [2.24, 2.45) is 5.41 Å². The Labute approximate surface area is 106 Å². The van der Waals surface area contributed by atoms with E-state index < -0.39 is 0 Å². The lowest BCUT2D eigenvalue weighted by Gasteiger charge is -2.41. The summed E-state index contributed by atoms with van der Waals surface area (Å²) in [4.78, 5) is 7.68. The smallest absolute Gasteiger partial charge is 0.179 e. The first-order valence-corrected chi connectivity index (χ1v) is 6.68. The van der Waals surface area contributed by atoms with Crippen molar-refractivity contribution >= 4 is 23.4 Å². The first-order chi connectivity index (χ1) is 8.24. The van der Waals surface area contributed by atoms with E-state index in [1.165, 1.54) is 25.7 Å². The monoisotopic (exact) mass is 247 g/mol. The molecular formula is C13H17N3S. The number of imidazole rings is 1. The molecule has 1 saturated carbocycles. The number of nitrogens with zero attached hydrogens (tertiary/aromatic N) is 2. The summed E-state index contributed by atoms with van der Waals surface area (Å²) in [6, 6.07) is 3.98. The molecule has 2 heterocycles. The molecule has 3 rings (SSSR count). The van der Waals surface area contributed by atoms with Gasteiger partial charge in [0.1, 0.15) is 0 Å². The summed E-state index contributed by atoms with van der Waals surface area (Å²) in [5, 5.41) is 0. The summed E-state index contributed by atoms with van der Waals surface area (Å²) >= 11 is 5.41. The standard InChI is InChI=1S/C13H17N3S/c1-2-13(6-4-7-13)9-16-11-10(15-12(16)17)5-3-8-14-11/h3,5,8H,2,4,6-7,9H2,1H3,(H,15,17). The molecule has 1 aliphatic rings. The second-order valence-electron chi connectivity index (χ2n) is 5.10. The lowest BCUT2D eigenvalue weighted by atomic mass is 9.67. The van der Waals surface area contributed by atoms with Crippen molar-refractivity contribution in [3.05, 3.63) is 23.1 Å². The normalized spacial score (nSPS) is 18.2. The molecule has 3 nitrogen and oxygen atoms in total. The minimum atomic E-state index is 0.463. The molecule has 0 radical (unpaired) electrons. The molecule has 17 heavy (non-hydrogen) atoms. The number of rotatable bonds is 3. The van der Waals surface area contributed by atoms with E-state index in [0.29, 0.717) is 5.41 Å². The van der Waals surface area contributed by atoms with Gasteiger partial charge in [-0.05, 0) is 49.0 Å². The predicted molar refractivity (Wildman–Crippen MR) is 71.5 cm³/mol. The fraction of sp³-hybridized carbons (Fsp3) is 0.538. The second kappa shape index (κ2) is 3.95. The van der Waals surface area contributed by atoms with Crippen molar-refractivity contribution in [3.8, 4) is 0 Å². The van der Waals surface area contributed by atoms with Crippen LogP contribution in [0.4, 0.5) is 0 Å². The van der Waals surface area contributed by atoms with E-state index in [9.17, 15) is 0 Å². The van der Waals surface area contributed by atoms with Gasteiger partial charge in [0.05, 0.1) is 5.52 Å². The highest BCUT2D eigenvalue weighted by atomic mass is 32.1. The van der Waals surface area contributed by atoms with Gasteiger partial charge < -0.3 is 9.55 Å². The molecule has 4 heteroatoms. The summed E-state index contributed by atoms with van der Waals surface area (Å²) in [6.45, 7) is 3.30. The van der Waals surface area contributed by atoms with Crippen molar-refractivity contribution in [1.82, 2.24) is 14.5 Å². The number of aromatic nitrogens is 3. The number of hydrogen-bond acceptors (Lipinski definition) is 2. The van der Waals surface area contributed by atoms with E-state index in [1.807, 2.05) is 18.3 Å². The van der Waals surface area contributed by atoms with Gasteiger partial charge in [-0.15, -0.1) is 0 Å². The summed E-state index contributed by atoms with van der Waals surface area (Å²) in [7, 11) is 0. The zero-order valence-electron chi connectivity index (χ0n) is 10.1. The van der Waals surface area contributed by atoms with Crippen LogP contribution in [0.2, 0.25) is 0 Å². The molecule has 0 spiro atoms. The van der Waals surface area contributed by atoms with Gasteiger partial charge in [0.15, 0.2) is 10.4 Å². The maximum absolute atomic E-state index is 5.41. The SMILES string of the molecule is CCC1(Cn2c(=S)[nH]c3cccnc32)CCC1. The van der Waals surface area contributed by atoms with E-state index in [2.05, 4.69) is 21.5 Å². The van der Waals surface area contributed by atoms with Crippen LogP contribution in [0.15, 0.2) is 18.3 Å². The van der Waals surface area contributed by atoms with Gasteiger partial charge in [0, 0.05) is 12.7 Å². The van der Waals surface area contributed by atoms with Gasteiger partial charge in [-0.25, -0.2) is 4.98 Å².